The Morgan fingerprint density at radius 3 is 2.57 bits per heavy atom. The Bertz CT molecular complexity index is 540. The van der Waals surface area contributed by atoms with E-state index in [2.05, 4.69) is 19.9 Å². The minimum absolute atomic E-state index is 0.0400. The van der Waals surface area contributed by atoms with Crippen molar-refractivity contribution in [2.45, 2.75) is 40.0 Å². The predicted molar refractivity (Wildman–Crippen MR) is 89.7 cm³/mol. The van der Waals surface area contributed by atoms with Gasteiger partial charge in [-0.2, -0.15) is 0 Å². The average Bonchev–Trinajstić information content (AvgIpc) is 2.51. The molecule has 0 radical (unpaired) electrons. The van der Waals surface area contributed by atoms with Gasteiger partial charge in [-0.25, -0.2) is 0 Å². The highest BCUT2D eigenvalue weighted by atomic mass is 16.5. The van der Waals surface area contributed by atoms with Crippen LogP contribution < -0.4 is 4.74 Å². The molecule has 23 heavy (non-hydrogen) atoms. The summed E-state index contributed by atoms with van der Waals surface area (Å²) < 4.78 is 10.5. The summed E-state index contributed by atoms with van der Waals surface area (Å²) in [4.78, 5) is 24.9. The molecule has 5 heteroatoms. The van der Waals surface area contributed by atoms with Gasteiger partial charge in [0.05, 0.1) is 13.0 Å². The van der Waals surface area contributed by atoms with Crippen LogP contribution in [0.25, 0.3) is 0 Å². The number of aryl methyl sites for hydroxylation is 1. The lowest BCUT2D eigenvalue weighted by Gasteiger charge is -2.18. The van der Waals surface area contributed by atoms with E-state index in [-0.39, 0.29) is 24.9 Å². The number of nitrogens with zero attached hydrogens (tertiary/aromatic N) is 1. The fraction of sp³-hybridized carbons (Fsp3) is 0.556. The summed E-state index contributed by atoms with van der Waals surface area (Å²) in [5.41, 5.74) is 2.17. The van der Waals surface area contributed by atoms with E-state index in [9.17, 15) is 9.59 Å². The van der Waals surface area contributed by atoms with Crippen molar-refractivity contribution in [2.24, 2.45) is 0 Å². The van der Waals surface area contributed by atoms with Gasteiger partial charge in [0.2, 0.25) is 0 Å². The van der Waals surface area contributed by atoms with Gasteiger partial charge in [-0.1, -0.05) is 26.0 Å². The van der Waals surface area contributed by atoms with Crippen LogP contribution in [0.4, 0.5) is 0 Å². The number of likely N-dealkylation sites (N-methyl/N-ethyl adjacent to an activating group) is 1. The molecule has 0 N–H and O–H groups in total. The lowest BCUT2D eigenvalue weighted by atomic mass is 10.0. The van der Waals surface area contributed by atoms with Gasteiger partial charge >= 0.3 is 5.97 Å². The molecule has 1 amide bonds. The highest BCUT2D eigenvalue weighted by Gasteiger charge is 2.13. The summed E-state index contributed by atoms with van der Waals surface area (Å²) in [6, 6.07) is 6.05. The third kappa shape index (κ3) is 6.30. The van der Waals surface area contributed by atoms with Crippen LogP contribution in [0.3, 0.4) is 0 Å². The molecular weight excluding hydrogens is 294 g/mol. The molecule has 0 fully saturated rings. The fourth-order valence-electron chi connectivity index (χ4n) is 2.00. The second-order valence-electron chi connectivity index (χ2n) is 5.84. The number of hydrogen-bond donors (Lipinski definition) is 0. The van der Waals surface area contributed by atoms with E-state index in [1.54, 1.807) is 14.0 Å². The molecule has 128 valence electrons. The van der Waals surface area contributed by atoms with Crippen molar-refractivity contribution < 1.29 is 19.1 Å². The summed E-state index contributed by atoms with van der Waals surface area (Å²) >= 11 is 0. The van der Waals surface area contributed by atoms with Crippen molar-refractivity contribution in [3.8, 4) is 5.75 Å². The molecule has 1 rings (SSSR count). The number of benzene rings is 1. The molecule has 0 bridgehead atoms. The Hall–Kier alpha value is -2.04. The maximum Gasteiger partial charge on any atom is 0.307 e. The summed E-state index contributed by atoms with van der Waals surface area (Å²) in [6.45, 7) is 8.58. The first-order valence-corrected chi connectivity index (χ1v) is 7.98. The van der Waals surface area contributed by atoms with Gasteiger partial charge < -0.3 is 14.4 Å². The van der Waals surface area contributed by atoms with Gasteiger partial charge in [0.25, 0.3) is 5.91 Å². The summed E-state index contributed by atoms with van der Waals surface area (Å²) in [5.74, 6) is 0.668. The quantitative estimate of drug-likeness (QED) is 0.691. The normalized spacial score (nSPS) is 10.5. The molecule has 1 aromatic rings. The monoisotopic (exact) mass is 321 g/mol. The van der Waals surface area contributed by atoms with E-state index in [0.29, 0.717) is 19.1 Å². The first-order valence-electron chi connectivity index (χ1n) is 7.98. The molecule has 0 unspecified atom stereocenters. The second kappa shape index (κ2) is 9.18. The molecule has 0 atom stereocenters. The number of hydrogen-bond acceptors (Lipinski definition) is 4. The maximum absolute atomic E-state index is 12.1. The van der Waals surface area contributed by atoms with E-state index in [1.807, 2.05) is 19.1 Å². The SMILES string of the molecule is CCOC(=O)CCN(C)C(=O)COc1cc(C(C)C)ccc1C. The van der Waals surface area contributed by atoms with E-state index in [1.165, 1.54) is 10.5 Å². The summed E-state index contributed by atoms with van der Waals surface area (Å²) in [7, 11) is 1.66. The molecule has 5 nitrogen and oxygen atoms in total. The van der Waals surface area contributed by atoms with Crippen molar-refractivity contribution >= 4 is 11.9 Å². The Balaban J connectivity index is 2.52. The summed E-state index contributed by atoms with van der Waals surface area (Å²) in [6.07, 6.45) is 0.192. The van der Waals surface area contributed by atoms with Gasteiger partial charge in [-0.05, 0) is 37.0 Å². The first-order chi connectivity index (χ1) is 10.8. The predicted octanol–water partition coefficient (Wildman–Crippen LogP) is 2.91. The molecule has 0 spiro atoms. The number of carbonyl (C=O) groups excluding carboxylic acids is 2. The van der Waals surface area contributed by atoms with Crippen molar-refractivity contribution in [3.05, 3.63) is 29.3 Å². The van der Waals surface area contributed by atoms with E-state index in [4.69, 9.17) is 9.47 Å². The molecule has 1 aromatic carbocycles. The zero-order chi connectivity index (χ0) is 17.4. The highest BCUT2D eigenvalue weighted by molar-refractivity contribution is 5.78. The lowest BCUT2D eigenvalue weighted by Crippen LogP contribution is -2.33. The zero-order valence-electron chi connectivity index (χ0n) is 14.7. The number of rotatable bonds is 8. The molecule has 0 aromatic heterocycles. The van der Waals surface area contributed by atoms with Crippen LogP contribution in [-0.2, 0) is 14.3 Å². The van der Waals surface area contributed by atoms with Crippen LogP contribution in [-0.4, -0.2) is 43.6 Å². The van der Waals surface area contributed by atoms with Crippen LogP contribution in [0.2, 0.25) is 0 Å². The largest absolute Gasteiger partial charge is 0.483 e. The van der Waals surface area contributed by atoms with Crippen molar-refractivity contribution in [1.82, 2.24) is 4.90 Å². The molecule has 0 aliphatic carbocycles. The summed E-state index contributed by atoms with van der Waals surface area (Å²) in [5, 5.41) is 0. The third-order valence-electron chi connectivity index (χ3n) is 3.61. The van der Waals surface area contributed by atoms with E-state index >= 15 is 0 Å². The molecule has 0 saturated heterocycles. The highest BCUT2D eigenvalue weighted by Crippen LogP contribution is 2.24. The van der Waals surface area contributed by atoms with Crippen LogP contribution in [0.15, 0.2) is 18.2 Å². The Kier molecular flexibility index (Phi) is 7.59. The molecule has 0 aliphatic rings. The fourth-order valence-corrected chi connectivity index (χ4v) is 2.00. The smallest absolute Gasteiger partial charge is 0.307 e. The maximum atomic E-state index is 12.1. The molecule has 0 aliphatic heterocycles. The van der Waals surface area contributed by atoms with Crippen molar-refractivity contribution in [3.63, 3.8) is 0 Å². The average molecular weight is 321 g/mol. The van der Waals surface area contributed by atoms with E-state index in [0.717, 1.165) is 11.3 Å². The van der Waals surface area contributed by atoms with Gasteiger partial charge in [0.1, 0.15) is 5.75 Å². The minimum atomic E-state index is -0.298. The van der Waals surface area contributed by atoms with Crippen LogP contribution in [0.5, 0.6) is 5.75 Å². The number of ether oxygens (including phenoxy) is 2. The molecule has 0 saturated carbocycles. The minimum Gasteiger partial charge on any atom is -0.483 e. The van der Waals surface area contributed by atoms with Crippen molar-refractivity contribution in [2.75, 3.05) is 26.8 Å². The Labute approximate surface area is 138 Å². The van der Waals surface area contributed by atoms with Crippen LogP contribution in [0.1, 0.15) is 44.2 Å². The Morgan fingerprint density at radius 2 is 1.96 bits per heavy atom. The molecular formula is C18H27NO4. The van der Waals surface area contributed by atoms with E-state index < -0.39 is 0 Å². The second-order valence-corrected chi connectivity index (χ2v) is 5.84. The number of carbonyl (C=O) groups is 2. The van der Waals surface area contributed by atoms with Gasteiger partial charge in [0.15, 0.2) is 6.61 Å². The number of esters is 1. The van der Waals surface area contributed by atoms with Gasteiger partial charge in [-0.3, -0.25) is 9.59 Å². The number of amides is 1. The Morgan fingerprint density at radius 1 is 1.26 bits per heavy atom. The molecule has 0 heterocycles. The van der Waals surface area contributed by atoms with Gasteiger partial charge in [0, 0.05) is 13.6 Å². The lowest BCUT2D eigenvalue weighted by molar-refractivity contribution is -0.144. The van der Waals surface area contributed by atoms with Crippen molar-refractivity contribution in [1.29, 1.82) is 0 Å². The third-order valence-corrected chi connectivity index (χ3v) is 3.61. The zero-order valence-corrected chi connectivity index (χ0v) is 14.7. The van der Waals surface area contributed by atoms with Crippen LogP contribution >= 0.6 is 0 Å². The standard InChI is InChI=1S/C18H27NO4/c1-6-22-18(21)9-10-19(5)17(20)12-23-16-11-15(13(2)3)8-7-14(16)4/h7-8,11,13H,6,9-10,12H2,1-5H3. The first kappa shape index (κ1) is 19.0. The van der Waals surface area contributed by atoms with Gasteiger partial charge in [-0.15, -0.1) is 0 Å². The topological polar surface area (TPSA) is 55.8 Å². The van der Waals surface area contributed by atoms with Crippen LogP contribution in [0, 0.1) is 6.92 Å².